The van der Waals surface area contributed by atoms with Gasteiger partial charge in [0.05, 0.1) is 17.3 Å². The molecular formula is C18H25NO3S2. The first-order valence-electron chi connectivity index (χ1n) is 8.66. The summed E-state index contributed by atoms with van der Waals surface area (Å²) < 4.78 is 23.7. The summed E-state index contributed by atoms with van der Waals surface area (Å²) in [6, 6.07) is 8.25. The van der Waals surface area contributed by atoms with E-state index in [0.29, 0.717) is 12.2 Å². The van der Waals surface area contributed by atoms with Gasteiger partial charge in [-0.3, -0.25) is 4.79 Å². The first-order chi connectivity index (χ1) is 11.4. The van der Waals surface area contributed by atoms with Crippen molar-refractivity contribution in [2.45, 2.75) is 56.0 Å². The van der Waals surface area contributed by atoms with Crippen LogP contribution in [0.5, 0.6) is 0 Å². The van der Waals surface area contributed by atoms with E-state index in [4.69, 9.17) is 0 Å². The number of carbonyl (C=O) groups excluding carboxylic acids is 1. The molecule has 0 bridgehead atoms. The zero-order valence-corrected chi connectivity index (χ0v) is 15.7. The van der Waals surface area contributed by atoms with Crippen LogP contribution in [0.2, 0.25) is 0 Å². The second kappa shape index (κ2) is 7.48. The highest BCUT2D eigenvalue weighted by atomic mass is 32.2. The van der Waals surface area contributed by atoms with Crippen molar-refractivity contribution in [1.82, 2.24) is 4.90 Å². The molecule has 2 aliphatic rings. The average Bonchev–Trinajstić information content (AvgIpc) is 3.16. The number of hydrogen-bond acceptors (Lipinski definition) is 4. The first kappa shape index (κ1) is 17.8. The molecule has 1 aromatic carbocycles. The summed E-state index contributed by atoms with van der Waals surface area (Å²) in [6.07, 6.45) is 4.90. The topological polar surface area (TPSA) is 54.5 Å². The Bertz CT molecular complexity index is 696. The highest BCUT2D eigenvalue weighted by Gasteiger charge is 2.38. The second-order valence-electron chi connectivity index (χ2n) is 6.90. The van der Waals surface area contributed by atoms with Gasteiger partial charge >= 0.3 is 0 Å². The maximum Gasteiger partial charge on any atom is 0.233 e. The molecule has 0 N–H and O–H groups in total. The van der Waals surface area contributed by atoms with E-state index in [1.54, 1.807) is 11.8 Å². The van der Waals surface area contributed by atoms with Crippen molar-refractivity contribution in [3.63, 3.8) is 0 Å². The third-order valence-electron chi connectivity index (χ3n) is 4.96. The Labute approximate surface area is 148 Å². The zero-order chi connectivity index (χ0) is 17.2. The molecule has 1 saturated heterocycles. The predicted octanol–water partition coefficient (Wildman–Crippen LogP) is 3.05. The van der Waals surface area contributed by atoms with Crippen LogP contribution in [0.4, 0.5) is 0 Å². The lowest BCUT2D eigenvalue weighted by Gasteiger charge is -2.34. The molecule has 1 saturated carbocycles. The standard InChI is InChI=1S/C18H25NO3S2/c1-14-5-4-8-17(11-14)23-12-18(20)19(15-6-2-3-7-15)16-9-10-24(21,22)13-16/h4-5,8,11,15-16H,2-3,6-7,9-10,12-13H2,1H3. The first-order valence-corrected chi connectivity index (χ1v) is 11.5. The number of benzene rings is 1. The van der Waals surface area contributed by atoms with Crippen molar-refractivity contribution in [3.8, 4) is 0 Å². The SMILES string of the molecule is Cc1cccc(SCC(=O)N(C2CCCC2)C2CCS(=O)(=O)C2)c1. The Hall–Kier alpha value is -1.01. The van der Waals surface area contributed by atoms with Crippen molar-refractivity contribution >= 4 is 27.5 Å². The van der Waals surface area contributed by atoms with Gasteiger partial charge in [0.15, 0.2) is 9.84 Å². The molecule has 132 valence electrons. The fourth-order valence-electron chi connectivity index (χ4n) is 3.81. The highest BCUT2D eigenvalue weighted by Crippen LogP contribution is 2.30. The summed E-state index contributed by atoms with van der Waals surface area (Å²) in [5.74, 6) is 0.843. The Morgan fingerprint density at radius 1 is 1.21 bits per heavy atom. The van der Waals surface area contributed by atoms with Crippen LogP contribution in [0.1, 0.15) is 37.7 Å². The molecule has 4 nitrogen and oxygen atoms in total. The average molecular weight is 368 g/mol. The molecule has 1 amide bonds. The van der Waals surface area contributed by atoms with E-state index >= 15 is 0 Å². The van der Waals surface area contributed by atoms with E-state index in [1.807, 2.05) is 30.0 Å². The van der Waals surface area contributed by atoms with Gasteiger partial charge in [-0.1, -0.05) is 30.5 Å². The van der Waals surface area contributed by atoms with E-state index in [0.717, 1.165) is 30.6 Å². The number of rotatable bonds is 5. The molecule has 1 aliphatic heterocycles. The Morgan fingerprint density at radius 3 is 2.58 bits per heavy atom. The minimum absolute atomic E-state index is 0.0931. The lowest BCUT2D eigenvalue weighted by Crippen LogP contribution is -2.47. The summed E-state index contributed by atoms with van der Waals surface area (Å²) in [7, 11) is -2.98. The fourth-order valence-corrected chi connectivity index (χ4v) is 6.40. The van der Waals surface area contributed by atoms with E-state index in [-0.39, 0.29) is 29.5 Å². The smallest absolute Gasteiger partial charge is 0.233 e. The van der Waals surface area contributed by atoms with Gasteiger partial charge in [-0.05, 0) is 38.3 Å². The lowest BCUT2D eigenvalue weighted by atomic mass is 10.1. The summed E-state index contributed by atoms with van der Waals surface area (Å²) >= 11 is 1.55. The minimum Gasteiger partial charge on any atom is -0.335 e. The predicted molar refractivity (Wildman–Crippen MR) is 98.1 cm³/mol. The maximum atomic E-state index is 12.9. The third-order valence-corrected chi connectivity index (χ3v) is 7.69. The van der Waals surface area contributed by atoms with Crippen LogP contribution in [0.25, 0.3) is 0 Å². The molecule has 3 rings (SSSR count). The molecule has 0 aromatic heterocycles. The molecule has 0 spiro atoms. The minimum atomic E-state index is -2.98. The molecule has 2 fully saturated rings. The number of carbonyl (C=O) groups is 1. The van der Waals surface area contributed by atoms with Gasteiger partial charge in [0.2, 0.25) is 5.91 Å². The van der Waals surface area contributed by atoms with Crippen molar-refractivity contribution in [1.29, 1.82) is 0 Å². The molecule has 1 unspecified atom stereocenters. The summed E-state index contributed by atoms with van der Waals surface area (Å²) in [5, 5.41) is 0. The molecule has 0 radical (unpaired) electrons. The van der Waals surface area contributed by atoms with Crippen molar-refractivity contribution < 1.29 is 13.2 Å². The number of nitrogens with zero attached hydrogens (tertiary/aromatic N) is 1. The van der Waals surface area contributed by atoms with Gasteiger partial charge in [-0.2, -0.15) is 0 Å². The second-order valence-corrected chi connectivity index (χ2v) is 10.2. The van der Waals surface area contributed by atoms with Gasteiger partial charge < -0.3 is 4.90 Å². The number of sulfone groups is 1. The summed E-state index contributed by atoms with van der Waals surface area (Å²) in [6.45, 7) is 2.04. The number of aryl methyl sites for hydroxylation is 1. The van der Waals surface area contributed by atoms with Gasteiger partial charge in [0, 0.05) is 17.0 Å². The molecular weight excluding hydrogens is 342 g/mol. The summed E-state index contributed by atoms with van der Waals surface area (Å²) in [4.78, 5) is 15.9. The van der Waals surface area contributed by atoms with Crippen LogP contribution in [0.3, 0.4) is 0 Å². The fraction of sp³-hybridized carbons (Fsp3) is 0.611. The number of thioether (sulfide) groups is 1. The quantitative estimate of drug-likeness (QED) is 0.751. The number of hydrogen-bond donors (Lipinski definition) is 0. The van der Waals surface area contributed by atoms with Gasteiger partial charge in [0.25, 0.3) is 0 Å². The molecule has 1 heterocycles. The lowest BCUT2D eigenvalue weighted by molar-refractivity contribution is -0.132. The van der Waals surface area contributed by atoms with E-state index in [9.17, 15) is 13.2 Å². The Morgan fingerprint density at radius 2 is 1.96 bits per heavy atom. The van der Waals surface area contributed by atoms with Crippen LogP contribution in [-0.2, 0) is 14.6 Å². The van der Waals surface area contributed by atoms with Gasteiger partial charge in [-0.25, -0.2) is 8.42 Å². The largest absolute Gasteiger partial charge is 0.335 e. The van der Waals surface area contributed by atoms with Crippen molar-refractivity contribution in [2.24, 2.45) is 0 Å². The highest BCUT2D eigenvalue weighted by molar-refractivity contribution is 8.00. The molecule has 1 aromatic rings. The van der Waals surface area contributed by atoms with E-state index < -0.39 is 9.84 Å². The van der Waals surface area contributed by atoms with Gasteiger partial charge in [-0.15, -0.1) is 11.8 Å². The number of amides is 1. The van der Waals surface area contributed by atoms with Gasteiger partial charge in [0.1, 0.15) is 0 Å². The van der Waals surface area contributed by atoms with E-state index in [2.05, 4.69) is 6.07 Å². The summed E-state index contributed by atoms with van der Waals surface area (Å²) in [5.41, 5.74) is 1.18. The van der Waals surface area contributed by atoms with Crippen LogP contribution in [0.15, 0.2) is 29.2 Å². The van der Waals surface area contributed by atoms with E-state index in [1.165, 1.54) is 5.56 Å². The zero-order valence-electron chi connectivity index (χ0n) is 14.1. The normalized spacial score (nSPS) is 23.5. The van der Waals surface area contributed by atoms with Crippen molar-refractivity contribution in [3.05, 3.63) is 29.8 Å². The molecule has 1 aliphatic carbocycles. The van der Waals surface area contributed by atoms with Crippen LogP contribution in [0, 0.1) is 6.92 Å². The monoisotopic (exact) mass is 367 g/mol. The molecule has 1 atom stereocenters. The third kappa shape index (κ3) is 4.33. The molecule has 6 heteroatoms. The van der Waals surface area contributed by atoms with Crippen LogP contribution in [-0.4, -0.2) is 48.6 Å². The Balaban J connectivity index is 1.69. The molecule has 24 heavy (non-hydrogen) atoms. The Kier molecular flexibility index (Phi) is 5.55. The maximum absolute atomic E-state index is 12.9. The van der Waals surface area contributed by atoms with Crippen LogP contribution < -0.4 is 0 Å². The van der Waals surface area contributed by atoms with Crippen LogP contribution >= 0.6 is 11.8 Å². The van der Waals surface area contributed by atoms with Crippen molar-refractivity contribution in [2.75, 3.05) is 17.3 Å².